The van der Waals surface area contributed by atoms with E-state index in [1.54, 1.807) is 9.81 Å². The van der Waals surface area contributed by atoms with Crippen molar-refractivity contribution in [2.75, 3.05) is 79.3 Å². The Morgan fingerprint density at radius 1 is 0.292 bits per heavy atom. The molecule has 32 heteroatoms. The van der Waals surface area contributed by atoms with E-state index in [9.17, 15) is 0 Å². The Balaban J connectivity index is 1.08. The maximum Gasteiger partial charge on any atom is 0.505 e. The molecule has 0 radical (unpaired) electrons. The zero-order chi connectivity index (χ0) is 68.2. The summed E-state index contributed by atoms with van der Waals surface area (Å²) in [6, 6.07) is 0. The number of rotatable bonds is 48. The van der Waals surface area contributed by atoms with Crippen LogP contribution < -0.4 is 0 Å². The molecule has 9 rings (SSSR count). The second-order valence-electron chi connectivity index (χ2n) is 27.1. The molecule has 0 heterocycles. The first-order chi connectivity index (χ1) is 46.7. The predicted octanol–water partition coefficient (Wildman–Crippen LogP) is 25.6. The lowest BCUT2D eigenvalue weighted by Gasteiger charge is -2.43. The van der Waals surface area contributed by atoms with E-state index in [4.69, 9.17) is 53.1 Å². The summed E-state index contributed by atoms with van der Waals surface area (Å²) < 4.78 is 81.6. The molecule has 0 N–H and O–H groups in total. The van der Waals surface area contributed by atoms with Gasteiger partial charge in [-0.3, -0.25) is 0 Å². The van der Waals surface area contributed by atoms with Crippen molar-refractivity contribution in [3.63, 3.8) is 0 Å². The highest BCUT2D eigenvalue weighted by Gasteiger charge is 2.70. The van der Waals surface area contributed by atoms with Gasteiger partial charge in [-0.25, -0.2) is 0 Å². The minimum atomic E-state index is -2.98. The van der Waals surface area contributed by atoms with Gasteiger partial charge < -0.3 is 53.1 Å². The molecule has 0 aromatic heterocycles. The summed E-state index contributed by atoms with van der Waals surface area (Å²) >= 11 is 0. The highest BCUT2D eigenvalue weighted by atomic mass is 33.7. The number of allylic oxidation sites excluding steroid dienone is 1. The Morgan fingerprint density at radius 3 is 0.823 bits per heavy atom. The second-order valence-corrected chi connectivity index (χ2v) is 63.5. The third kappa shape index (κ3) is 20.3. The lowest BCUT2D eigenvalue weighted by atomic mass is 9.99. The molecule has 0 aliphatic heterocycles. The molecule has 12 unspecified atom stereocenters. The fourth-order valence-electron chi connectivity index (χ4n) is 18.2. The standard InChI is InChI=1S/C64H118O12S16Si4/c1-13-65-93(66-14-2,67-15-3)55-42-50-33-38-60(55,46-50)79-87-85-77-54-32-30-28-26-25-27-29-31-37-64(83-91-89-81-62-40-35-52(48-62)44-57(62)95(71-19-7,72-20-8)73-21-9,84-92-90-82-63-41-36-53(49-63)45-58(63)96(74-22-10,75-23-11)76-24-12)59(54)78-86-88-80-61-39-34-51(47-61)43-56(61)94(68-16-4,69-17-5)70-18-6/h50-53,55-58H,13-49H2,1-12H3. The maximum absolute atomic E-state index is 6.81. The van der Waals surface area contributed by atoms with Crippen LogP contribution >= 0.6 is 165 Å². The Kier molecular flexibility index (Phi) is 37.4. The predicted molar refractivity (Wildman–Crippen MR) is 449 cm³/mol. The Morgan fingerprint density at radius 2 is 0.542 bits per heavy atom. The molecule has 0 aromatic rings. The van der Waals surface area contributed by atoms with E-state index in [0.29, 0.717) is 125 Å². The molecule has 8 fully saturated rings. The van der Waals surface area contributed by atoms with Crippen molar-refractivity contribution in [2.45, 2.75) is 289 Å². The van der Waals surface area contributed by atoms with Crippen LogP contribution in [0, 0.1) is 23.7 Å². The van der Waals surface area contributed by atoms with Gasteiger partial charge in [0, 0.05) is 130 Å². The molecule has 9 aliphatic carbocycles. The largest absolute Gasteiger partial charge is 0.505 e. The third-order valence-electron chi connectivity index (χ3n) is 21.6. The van der Waals surface area contributed by atoms with Crippen molar-refractivity contribution < 1.29 is 53.1 Å². The number of hydrogen-bond acceptors (Lipinski definition) is 28. The Labute approximate surface area is 647 Å². The van der Waals surface area contributed by atoms with E-state index in [2.05, 4.69) is 209 Å². The highest BCUT2D eigenvalue weighted by molar-refractivity contribution is 9.30. The van der Waals surface area contributed by atoms with Gasteiger partial charge in [0.05, 0.1) is 0 Å². The van der Waals surface area contributed by atoms with Gasteiger partial charge in [0.15, 0.2) is 0 Å². The summed E-state index contributed by atoms with van der Waals surface area (Å²) in [5.41, 5.74) is 1.18. The van der Waals surface area contributed by atoms with Gasteiger partial charge in [0.25, 0.3) is 0 Å². The quantitative estimate of drug-likeness (QED) is 0.0249. The molecule has 8 saturated carbocycles. The van der Waals surface area contributed by atoms with E-state index in [1.165, 1.54) is 122 Å². The van der Waals surface area contributed by atoms with E-state index >= 15 is 0 Å². The third-order valence-corrected chi connectivity index (χ3v) is 68.3. The van der Waals surface area contributed by atoms with Crippen molar-refractivity contribution >= 4 is 200 Å². The van der Waals surface area contributed by atoms with Gasteiger partial charge in [-0.2, -0.15) is 0 Å². The van der Waals surface area contributed by atoms with Crippen molar-refractivity contribution in [2.24, 2.45) is 23.7 Å². The summed E-state index contributed by atoms with van der Waals surface area (Å²) in [6.45, 7) is 32.9. The molecule has 8 bridgehead atoms. The molecule has 9 aliphatic rings. The lowest BCUT2D eigenvalue weighted by Crippen LogP contribution is -2.55. The van der Waals surface area contributed by atoms with Gasteiger partial charge in [-0.1, -0.05) is 103 Å². The molecule has 0 aromatic carbocycles. The van der Waals surface area contributed by atoms with E-state index in [-0.39, 0.29) is 23.1 Å². The fourth-order valence-corrected chi connectivity index (χ4v) is 71.3. The van der Waals surface area contributed by atoms with Crippen molar-refractivity contribution in [3.05, 3.63) is 9.81 Å². The summed E-state index contributed by atoms with van der Waals surface area (Å²) in [5, 5.41) is 0. The van der Waals surface area contributed by atoms with E-state index < -0.39 is 35.2 Å². The lowest BCUT2D eigenvalue weighted by molar-refractivity contribution is 0.0553. The van der Waals surface area contributed by atoms with Crippen LogP contribution in [-0.2, 0) is 53.1 Å². The van der Waals surface area contributed by atoms with Gasteiger partial charge in [-0.05, 0) is 329 Å². The van der Waals surface area contributed by atoms with Crippen molar-refractivity contribution in [1.82, 2.24) is 0 Å². The van der Waals surface area contributed by atoms with Gasteiger partial charge in [-0.15, -0.1) is 0 Å². The van der Waals surface area contributed by atoms with Crippen LogP contribution in [0.5, 0.6) is 0 Å². The SMILES string of the molecule is CCO[Si](OCC)(OCC)C1CC2CCC1(SSSSC1=C(SSSSC34CCC(CC3[Si](OCC)(OCC)OCC)C4)C(SSSSC34CCC(CC3[Si](OCC)(OCC)OCC)C4)(SSSSC34CCC(CC3[Si](OCC)(OCC)OCC)C4)CCCCCCCCC1)C2. The first-order valence-corrected chi connectivity index (χ1v) is 63.4. The average Bonchev–Trinajstić information content (AvgIpc) is 1.60. The van der Waals surface area contributed by atoms with E-state index in [0.717, 1.165) is 38.5 Å². The van der Waals surface area contributed by atoms with E-state index in [1.807, 2.05) is 39.3 Å². The minimum absolute atomic E-state index is 0.0575. The monoisotopic (exact) mass is 1700 g/mol. The smallest absolute Gasteiger partial charge is 0.374 e. The van der Waals surface area contributed by atoms with Gasteiger partial charge in [0.2, 0.25) is 0 Å². The maximum atomic E-state index is 6.81. The first kappa shape index (κ1) is 85.7. The molecule has 558 valence electrons. The number of hydrogen-bond donors (Lipinski definition) is 0. The molecule has 0 saturated heterocycles. The van der Waals surface area contributed by atoms with Crippen molar-refractivity contribution in [1.29, 1.82) is 0 Å². The fraction of sp³-hybridized carbons (Fsp3) is 0.969. The minimum Gasteiger partial charge on any atom is -0.374 e. The molecule has 0 spiro atoms. The summed E-state index contributed by atoms with van der Waals surface area (Å²) in [7, 11) is 21.8. The molecular weight excluding hydrogens is 1590 g/mol. The normalized spacial score (nSPS) is 33.4. The average molecular weight is 1710 g/mol. The van der Waals surface area contributed by atoms with Crippen LogP contribution in [0.25, 0.3) is 0 Å². The Bertz CT molecular complexity index is 2220. The molecule has 96 heavy (non-hydrogen) atoms. The number of fused-ring (bicyclic) bond motifs is 8. The van der Waals surface area contributed by atoms with Crippen LogP contribution in [-0.4, -0.2) is 138 Å². The van der Waals surface area contributed by atoms with Crippen LogP contribution in [0.2, 0.25) is 22.2 Å². The molecular formula is C64H118O12S16Si4. The zero-order valence-electron chi connectivity index (χ0n) is 59.7. The van der Waals surface area contributed by atoms with Crippen LogP contribution in [0.4, 0.5) is 0 Å². The highest BCUT2D eigenvalue weighted by Crippen LogP contribution is 2.77. The topological polar surface area (TPSA) is 111 Å². The Hall–Kier alpha value is 5.73. The van der Waals surface area contributed by atoms with Gasteiger partial charge in [0.1, 0.15) is 4.08 Å². The molecule has 12 atom stereocenters. The molecule has 12 nitrogen and oxygen atoms in total. The van der Waals surface area contributed by atoms with Crippen LogP contribution in [0.1, 0.15) is 244 Å². The summed E-state index contributed by atoms with van der Waals surface area (Å²) in [5.74, 6) is 2.79. The van der Waals surface area contributed by atoms with Crippen LogP contribution in [0.15, 0.2) is 9.81 Å². The first-order valence-electron chi connectivity index (χ1n) is 36.9. The van der Waals surface area contributed by atoms with Gasteiger partial charge >= 0.3 is 35.2 Å². The summed E-state index contributed by atoms with van der Waals surface area (Å²) in [4.78, 5) is 3.16. The molecule has 0 amide bonds. The van der Waals surface area contributed by atoms with Crippen LogP contribution in [0.3, 0.4) is 0 Å². The summed E-state index contributed by atoms with van der Waals surface area (Å²) in [6.07, 6.45) is 30.4. The zero-order valence-corrected chi connectivity index (χ0v) is 76.8. The second kappa shape index (κ2) is 41.8. The van der Waals surface area contributed by atoms with Crippen molar-refractivity contribution in [3.8, 4) is 0 Å².